The summed E-state index contributed by atoms with van der Waals surface area (Å²) in [6.45, 7) is 4.26. The van der Waals surface area contributed by atoms with Gasteiger partial charge in [0.05, 0.1) is 5.25 Å². The molecule has 3 aromatic rings. The number of thioether (sulfide) groups is 1. The van der Waals surface area contributed by atoms with Gasteiger partial charge in [0.15, 0.2) is 5.16 Å². The van der Waals surface area contributed by atoms with E-state index in [2.05, 4.69) is 65.0 Å². The molecule has 3 nitrogen and oxygen atoms in total. The summed E-state index contributed by atoms with van der Waals surface area (Å²) in [5.74, 6) is 1.35. The fraction of sp³-hybridized carbons (Fsp3) is 0.263. The van der Waals surface area contributed by atoms with E-state index in [0.29, 0.717) is 5.92 Å². The molecule has 0 spiro atoms. The van der Waals surface area contributed by atoms with Crippen molar-refractivity contribution in [2.75, 3.05) is 0 Å². The third kappa shape index (κ3) is 3.65. The van der Waals surface area contributed by atoms with Gasteiger partial charge >= 0.3 is 0 Å². The van der Waals surface area contributed by atoms with Crippen molar-refractivity contribution in [2.24, 2.45) is 7.05 Å². The smallest absolute Gasteiger partial charge is 0.191 e. The van der Waals surface area contributed by atoms with E-state index in [1.165, 1.54) is 11.1 Å². The minimum absolute atomic E-state index is 0.145. The fourth-order valence-corrected chi connectivity index (χ4v) is 3.89. The van der Waals surface area contributed by atoms with Crippen LogP contribution < -0.4 is 0 Å². The lowest BCUT2D eigenvalue weighted by Gasteiger charge is -2.17. The molecule has 1 unspecified atom stereocenters. The third-order valence-electron chi connectivity index (χ3n) is 3.88. The standard InChI is InChI=1S/C19H20ClN3S/c1-13(2)18-21-22-19(23(18)3)24-17(14-7-5-4-6-8-14)15-9-11-16(20)12-10-15/h4-13,17H,1-3H3. The Morgan fingerprint density at radius 2 is 1.54 bits per heavy atom. The maximum atomic E-state index is 6.05. The molecule has 0 N–H and O–H groups in total. The Kier molecular flexibility index (Phi) is 5.27. The molecule has 0 bridgehead atoms. The van der Waals surface area contributed by atoms with Gasteiger partial charge in [-0.15, -0.1) is 10.2 Å². The summed E-state index contributed by atoms with van der Waals surface area (Å²) < 4.78 is 2.08. The summed E-state index contributed by atoms with van der Waals surface area (Å²) in [7, 11) is 2.03. The summed E-state index contributed by atoms with van der Waals surface area (Å²) in [4.78, 5) is 0. The van der Waals surface area contributed by atoms with Crippen LogP contribution in [0, 0.1) is 0 Å². The Labute approximate surface area is 152 Å². The quantitative estimate of drug-likeness (QED) is 0.567. The first-order valence-corrected chi connectivity index (χ1v) is 9.18. The minimum Gasteiger partial charge on any atom is -0.309 e. The number of rotatable bonds is 5. The molecule has 0 aliphatic carbocycles. The van der Waals surface area contributed by atoms with Crippen LogP contribution in [0.5, 0.6) is 0 Å². The molecule has 0 amide bonds. The minimum atomic E-state index is 0.145. The number of hydrogen-bond acceptors (Lipinski definition) is 3. The van der Waals surface area contributed by atoms with Crippen LogP contribution in [0.15, 0.2) is 59.8 Å². The molecule has 1 atom stereocenters. The first-order valence-electron chi connectivity index (χ1n) is 7.92. The number of aromatic nitrogens is 3. The molecule has 2 aromatic carbocycles. The average Bonchev–Trinajstić information content (AvgIpc) is 2.95. The van der Waals surface area contributed by atoms with E-state index in [0.717, 1.165) is 16.0 Å². The van der Waals surface area contributed by atoms with Crippen molar-refractivity contribution in [3.05, 3.63) is 76.6 Å². The van der Waals surface area contributed by atoms with E-state index in [9.17, 15) is 0 Å². The van der Waals surface area contributed by atoms with Crippen molar-refractivity contribution in [2.45, 2.75) is 30.2 Å². The summed E-state index contributed by atoms with van der Waals surface area (Å²) in [6.07, 6.45) is 0. The first-order chi connectivity index (χ1) is 11.6. The highest BCUT2D eigenvalue weighted by molar-refractivity contribution is 7.99. The van der Waals surface area contributed by atoms with Gasteiger partial charge in [-0.25, -0.2) is 0 Å². The summed E-state index contributed by atoms with van der Waals surface area (Å²) in [5, 5.41) is 10.5. The zero-order valence-electron chi connectivity index (χ0n) is 14.0. The van der Waals surface area contributed by atoms with Gasteiger partial charge in [0.25, 0.3) is 0 Å². The SMILES string of the molecule is CC(C)c1nnc(SC(c2ccccc2)c2ccc(Cl)cc2)n1C. The number of hydrogen-bond donors (Lipinski definition) is 0. The Balaban J connectivity index is 1.98. The molecule has 3 rings (SSSR count). The molecule has 0 radical (unpaired) electrons. The number of nitrogens with zero attached hydrogens (tertiary/aromatic N) is 3. The van der Waals surface area contributed by atoms with Crippen LogP contribution in [0.25, 0.3) is 0 Å². The molecule has 0 saturated carbocycles. The van der Waals surface area contributed by atoms with Crippen LogP contribution in [0.3, 0.4) is 0 Å². The predicted molar refractivity (Wildman–Crippen MR) is 101 cm³/mol. The third-order valence-corrected chi connectivity index (χ3v) is 5.48. The molecule has 0 aliphatic rings. The molecule has 1 aromatic heterocycles. The van der Waals surface area contributed by atoms with Gasteiger partial charge in [0, 0.05) is 18.0 Å². The van der Waals surface area contributed by atoms with Crippen molar-refractivity contribution in [3.63, 3.8) is 0 Å². The molecule has 24 heavy (non-hydrogen) atoms. The van der Waals surface area contributed by atoms with Crippen LogP contribution >= 0.6 is 23.4 Å². The van der Waals surface area contributed by atoms with E-state index in [1.807, 2.05) is 25.2 Å². The second-order valence-corrected chi connectivity index (χ2v) is 7.52. The van der Waals surface area contributed by atoms with Crippen molar-refractivity contribution in [3.8, 4) is 0 Å². The highest BCUT2D eigenvalue weighted by Gasteiger charge is 2.20. The van der Waals surface area contributed by atoms with Gasteiger partial charge < -0.3 is 4.57 Å². The van der Waals surface area contributed by atoms with E-state index < -0.39 is 0 Å². The lowest BCUT2D eigenvalue weighted by Crippen LogP contribution is -2.03. The molecule has 0 fully saturated rings. The van der Waals surface area contributed by atoms with Crippen LogP contribution in [-0.4, -0.2) is 14.8 Å². The molecule has 1 heterocycles. The number of halogens is 1. The van der Waals surface area contributed by atoms with Crippen molar-refractivity contribution in [1.82, 2.24) is 14.8 Å². The maximum absolute atomic E-state index is 6.05. The van der Waals surface area contributed by atoms with Gasteiger partial charge in [-0.1, -0.05) is 79.7 Å². The summed E-state index contributed by atoms with van der Waals surface area (Å²) >= 11 is 7.76. The number of benzene rings is 2. The van der Waals surface area contributed by atoms with E-state index >= 15 is 0 Å². The lowest BCUT2D eigenvalue weighted by atomic mass is 10.0. The Morgan fingerprint density at radius 1 is 0.917 bits per heavy atom. The van der Waals surface area contributed by atoms with Crippen LogP contribution in [0.4, 0.5) is 0 Å². The van der Waals surface area contributed by atoms with Gasteiger partial charge in [0.2, 0.25) is 0 Å². The average molecular weight is 358 g/mol. The largest absolute Gasteiger partial charge is 0.309 e. The van der Waals surface area contributed by atoms with Crippen LogP contribution in [0.1, 0.15) is 42.0 Å². The zero-order chi connectivity index (χ0) is 17.1. The highest BCUT2D eigenvalue weighted by atomic mass is 35.5. The molecule has 124 valence electrons. The van der Waals surface area contributed by atoms with Crippen molar-refractivity contribution in [1.29, 1.82) is 0 Å². The topological polar surface area (TPSA) is 30.7 Å². The molecule has 0 saturated heterocycles. The van der Waals surface area contributed by atoms with E-state index in [4.69, 9.17) is 11.6 Å². The Hall–Kier alpha value is -1.78. The van der Waals surface area contributed by atoms with Crippen molar-refractivity contribution < 1.29 is 0 Å². The normalized spacial score (nSPS) is 12.5. The van der Waals surface area contributed by atoms with Crippen LogP contribution in [0.2, 0.25) is 5.02 Å². The fourth-order valence-electron chi connectivity index (χ4n) is 2.63. The maximum Gasteiger partial charge on any atom is 0.191 e. The molecule has 5 heteroatoms. The predicted octanol–water partition coefficient (Wildman–Crippen LogP) is 5.47. The lowest BCUT2D eigenvalue weighted by molar-refractivity contribution is 0.679. The Morgan fingerprint density at radius 3 is 2.12 bits per heavy atom. The highest BCUT2D eigenvalue weighted by Crippen LogP contribution is 2.40. The van der Waals surface area contributed by atoms with Crippen molar-refractivity contribution >= 4 is 23.4 Å². The second-order valence-electron chi connectivity index (χ2n) is 6.01. The van der Waals surface area contributed by atoms with E-state index in [-0.39, 0.29) is 5.25 Å². The monoisotopic (exact) mass is 357 g/mol. The van der Waals surface area contributed by atoms with Gasteiger partial charge in [-0.05, 0) is 23.3 Å². The van der Waals surface area contributed by atoms with Crippen LogP contribution in [-0.2, 0) is 7.05 Å². The van der Waals surface area contributed by atoms with E-state index in [1.54, 1.807) is 11.8 Å². The molecule has 0 aliphatic heterocycles. The van der Waals surface area contributed by atoms with Gasteiger partial charge in [0.1, 0.15) is 5.82 Å². The first kappa shape index (κ1) is 17.1. The summed E-state index contributed by atoms with van der Waals surface area (Å²) in [5.41, 5.74) is 2.43. The zero-order valence-corrected chi connectivity index (χ0v) is 15.6. The molecular formula is C19H20ClN3S. The Bertz CT molecular complexity index is 797. The summed E-state index contributed by atoms with van der Waals surface area (Å²) in [6, 6.07) is 18.5. The van der Waals surface area contributed by atoms with Gasteiger partial charge in [-0.2, -0.15) is 0 Å². The van der Waals surface area contributed by atoms with Gasteiger partial charge in [-0.3, -0.25) is 0 Å². The second kappa shape index (κ2) is 7.41. The molecular weight excluding hydrogens is 338 g/mol.